The maximum atomic E-state index is 5.07. The molecule has 126 valence electrons. The van der Waals surface area contributed by atoms with Crippen molar-refractivity contribution in [1.82, 2.24) is 0 Å². The Kier molecular flexibility index (Phi) is 4.84. The standard InChI is InChI=1S/C22H28N2/c1-5-18-14-22(4,6-2)24-21-12-16(3)20(13-19(18)21)23-15-17-10-8-7-9-11-17/h7-13,18H,5-6,14-15H2,1-4H3. The molecule has 0 saturated carbocycles. The summed E-state index contributed by atoms with van der Waals surface area (Å²) < 4.78 is 0. The Labute approximate surface area is 146 Å². The highest BCUT2D eigenvalue weighted by molar-refractivity contribution is 6.24. The molecule has 2 aliphatic rings. The number of fused-ring (bicyclic) bond motifs is 1. The first-order valence-corrected chi connectivity index (χ1v) is 9.13. The summed E-state index contributed by atoms with van der Waals surface area (Å²) >= 11 is 0. The molecule has 1 heterocycles. The molecule has 0 fully saturated rings. The van der Waals surface area contributed by atoms with E-state index in [0.29, 0.717) is 5.92 Å². The molecular weight excluding hydrogens is 292 g/mol. The summed E-state index contributed by atoms with van der Waals surface area (Å²) in [5.74, 6) is 0.591. The molecule has 1 aliphatic carbocycles. The number of benzene rings is 1. The Bertz CT molecular complexity index is 722. The number of hydrogen-bond donors (Lipinski definition) is 0. The van der Waals surface area contributed by atoms with Crippen LogP contribution in [0, 0.1) is 5.92 Å². The number of rotatable bonds is 4. The first-order chi connectivity index (χ1) is 11.5. The molecule has 24 heavy (non-hydrogen) atoms. The molecule has 2 atom stereocenters. The van der Waals surface area contributed by atoms with Crippen molar-refractivity contribution in [1.29, 1.82) is 0 Å². The Morgan fingerprint density at radius 2 is 1.92 bits per heavy atom. The normalized spacial score (nSPS) is 28.1. The lowest BCUT2D eigenvalue weighted by Gasteiger charge is -2.37. The summed E-state index contributed by atoms with van der Waals surface area (Å²) in [5, 5.41) is 0. The van der Waals surface area contributed by atoms with Crippen molar-refractivity contribution < 1.29 is 0 Å². The molecule has 0 aromatic heterocycles. The van der Waals surface area contributed by atoms with Crippen LogP contribution in [0.5, 0.6) is 0 Å². The molecule has 0 spiro atoms. The van der Waals surface area contributed by atoms with Crippen molar-refractivity contribution >= 4 is 11.4 Å². The monoisotopic (exact) mass is 320 g/mol. The summed E-state index contributed by atoms with van der Waals surface area (Å²) in [7, 11) is 0. The van der Waals surface area contributed by atoms with E-state index in [4.69, 9.17) is 9.98 Å². The SMILES string of the molecule is CCC1CC(C)(CC)N=C2C=C(C)C(=NCc3ccccc3)C=C21. The molecule has 2 nitrogen and oxygen atoms in total. The molecular formula is C22H28N2. The number of allylic oxidation sites excluding steroid dienone is 4. The van der Waals surface area contributed by atoms with Crippen LogP contribution in [-0.4, -0.2) is 17.0 Å². The van der Waals surface area contributed by atoms with Crippen LogP contribution in [0.4, 0.5) is 0 Å². The van der Waals surface area contributed by atoms with Crippen LogP contribution in [0.1, 0.15) is 52.5 Å². The Morgan fingerprint density at radius 1 is 1.17 bits per heavy atom. The largest absolute Gasteiger partial charge is 0.280 e. The first-order valence-electron chi connectivity index (χ1n) is 9.13. The molecule has 0 bridgehead atoms. The summed E-state index contributed by atoms with van der Waals surface area (Å²) in [5.41, 5.74) is 6.26. The summed E-state index contributed by atoms with van der Waals surface area (Å²) in [6.45, 7) is 9.72. The highest BCUT2D eigenvalue weighted by Crippen LogP contribution is 2.38. The molecule has 0 radical (unpaired) electrons. The van der Waals surface area contributed by atoms with Crippen molar-refractivity contribution in [3.63, 3.8) is 0 Å². The smallest absolute Gasteiger partial charge is 0.0647 e. The van der Waals surface area contributed by atoms with Gasteiger partial charge in [-0.2, -0.15) is 0 Å². The Balaban J connectivity index is 1.92. The van der Waals surface area contributed by atoms with Gasteiger partial charge in [0.2, 0.25) is 0 Å². The van der Waals surface area contributed by atoms with E-state index in [-0.39, 0.29) is 5.54 Å². The van der Waals surface area contributed by atoms with Gasteiger partial charge in [0.25, 0.3) is 0 Å². The topological polar surface area (TPSA) is 24.7 Å². The van der Waals surface area contributed by atoms with Crippen LogP contribution < -0.4 is 0 Å². The van der Waals surface area contributed by atoms with Crippen LogP contribution in [0.25, 0.3) is 0 Å². The van der Waals surface area contributed by atoms with Gasteiger partial charge in [0.1, 0.15) is 0 Å². The van der Waals surface area contributed by atoms with Crippen molar-refractivity contribution in [3.05, 3.63) is 59.2 Å². The van der Waals surface area contributed by atoms with Gasteiger partial charge in [-0.3, -0.25) is 9.98 Å². The van der Waals surface area contributed by atoms with Crippen molar-refractivity contribution in [2.45, 2.75) is 59.0 Å². The molecule has 1 aromatic rings. The van der Waals surface area contributed by atoms with E-state index < -0.39 is 0 Å². The molecule has 0 amide bonds. The molecule has 1 aliphatic heterocycles. The fourth-order valence-corrected chi connectivity index (χ4v) is 3.62. The third-order valence-corrected chi connectivity index (χ3v) is 5.39. The predicted octanol–water partition coefficient (Wildman–Crippen LogP) is 5.55. The highest BCUT2D eigenvalue weighted by atomic mass is 14.9. The number of aliphatic imine (C=N–C) groups is 2. The van der Waals surface area contributed by atoms with Crippen LogP contribution in [0.3, 0.4) is 0 Å². The zero-order valence-corrected chi connectivity index (χ0v) is 15.3. The van der Waals surface area contributed by atoms with Crippen LogP contribution in [0.2, 0.25) is 0 Å². The summed E-state index contributed by atoms with van der Waals surface area (Å²) in [6.07, 6.45) is 7.95. The average molecular weight is 320 g/mol. The number of nitrogens with zero attached hydrogens (tertiary/aromatic N) is 2. The first kappa shape index (κ1) is 16.9. The van der Waals surface area contributed by atoms with Gasteiger partial charge >= 0.3 is 0 Å². The van der Waals surface area contributed by atoms with Crippen LogP contribution in [-0.2, 0) is 6.54 Å². The predicted molar refractivity (Wildman–Crippen MR) is 104 cm³/mol. The van der Waals surface area contributed by atoms with Gasteiger partial charge in [0.15, 0.2) is 0 Å². The number of hydrogen-bond acceptors (Lipinski definition) is 2. The van der Waals surface area contributed by atoms with Gasteiger partial charge in [-0.15, -0.1) is 0 Å². The quantitative estimate of drug-likeness (QED) is 0.649. The minimum Gasteiger partial charge on any atom is -0.280 e. The second-order valence-electron chi connectivity index (χ2n) is 7.27. The Hall–Kier alpha value is -1.96. The molecule has 1 aromatic carbocycles. The van der Waals surface area contributed by atoms with Crippen molar-refractivity contribution in [2.24, 2.45) is 15.9 Å². The maximum absolute atomic E-state index is 5.07. The minimum atomic E-state index is 0.0861. The van der Waals surface area contributed by atoms with Crippen LogP contribution >= 0.6 is 0 Å². The summed E-state index contributed by atoms with van der Waals surface area (Å²) in [4.78, 5) is 9.94. The zero-order valence-electron chi connectivity index (χ0n) is 15.3. The van der Waals surface area contributed by atoms with Crippen molar-refractivity contribution in [2.75, 3.05) is 0 Å². The Morgan fingerprint density at radius 3 is 2.58 bits per heavy atom. The van der Waals surface area contributed by atoms with Gasteiger partial charge < -0.3 is 0 Å². The lowest BCUT2D eigenvalue weighted by molar-refractivity contribution is 0.345. The van der Waals surface area contributed by atoms with Gasteiger partial charge in [-0.05, 0) is 67.9 Å². The van der Waals surface area contributed by atoms with E-state index in [1.165, 1.54) is 28.8 Å². The average Bonchev–Trinajstić information content (AvgIpc) is 2.60. The zero-order chi connectivity index (χ0) is 17.2. The van der Waals surface area contributed by atoms with E-state index in [1.54, 1.807) is 0 Å². The second kappa shape index (κ2) is 6.88. The van der Waals surface area contributed by atoms with Gasteiger partial charge in [-0.25, -0.2) is 0 Å². The van der Waals surface area contributed by atoms with Gasteiger partial charge in [0.05, 0.1) is 23.5 Å². The minimum absolute atomic E-state index is 0.0861. The lowest BCUT2D eigenvalue weighted by Crippen LogP contribution is -2.35. The van der Waals surface area contributed by atoms with Gasteiger partial charge in [-0.1, -0.05) is 44.2 Å². The molecule has 3 rings (SSSR count). The second-order valence-corrected chi connectivity index (χ2v) is 7.27. The van der Waals surface area contributed by atoms with Crippen molar-refractivity contribution in [3.8, 4) is 0 Å². The molecule has 2 heteroatoms. The van der Waals surface area contributed by atoms with E-state index in [9.17, 15) is 0 Å². The maximum Gasteiger partial charge on any atom is 0.0647 e. The van der Waals surface area contributed by atoms with E-state index in [0.717, 1.165) is 25.1 Å². The molecule has 0 saturated heterocycles. The third kappa shape index (κ3) is 3.43. The molecule has 2 unspecified atom stereocenters. The van der Waals surface area contributed by atoms with E-state index >= 15 is 0 Å². The fraction of sp³-hybridized carbons (Fsp3) is 0.455. The lowest BCUT2D eigenvalue weighted by atomic mass is 9.75. The fourth-order valence-electron chi connectivity index (χ4n) is 3.62. The van der Waals surface area contributed by atoms with Gasteiger partial charge in [0, 0.05) is 0 Å². The highest BCUT2D eigenvalue weighted by Gasteiger charge is 2.34. The van der Waals surface area contributed by atoms with E-state index in [2.05, 4.69) is 64.1 Å². The summed E-state index contributed by atoms with van der Waals surface area (Å²) in [6, 6.07) is 10.5. The van der Waals surface area contributed by atoms with Crippen LogP contribution in [0.15, 0.2) is 63.6 Å². The van der Waals surface area contributed by atoms with E-state index in [1.807, 2.05) is 6.07 Å². The third-order valence-electron chi connectivity index (χ3n) is 5.39. The molecule has 0 N–H and O–H groups in total.